The minimum atomic E-state index is -4.45. The van der Waals surface area contributed by atoms with Crippen molar-refractivity contribution in [1.29, 1.82) is 0 Å². The monoisotopic (exact) mass is 349 g/mol. The lowest BCUT2D eigenvalue weighted by molar-refractivity contribution is -0.138. The molecule has 0 atom stereocenters. The lowest BCUT2D eigenvalue weighted by Gasteiger charge is -2.11. The van der Waals surface area contributed by atoms with E-state index in [9.17, 15) is 13.2 Å². The van der Waals surface area contributed by atoms with E-state index in [2.05, 4.69) is 25.9 Å². The fraction of sp³-hybridized carbons (Fsp3) is 0.0909. The zero-order chi connectivity index (χ0) is 13.8. The Bertz CT molecular complexity index is 797. The van der Waals surface area contributed by atoms with Crippen LogP contribution < -0.4 is 0 Å². The number of hydrogen-bond acceptors (Lipinski definition) is 2. The van der Waals surface area contributed by atoms with Gasteiger partial charge in [-0.25, -0.2) is 9.97 Å². The number of aromatic nitrogens is 3. The first-order valence-corrected chi connectivity index (χ1v) is 6.24. The highest BCUT2D eigenvalue weighted by atomic mass is 79.9. The van der Waals surface area contributed by atoms with Crippen molar-refractivity contribution in [3.05, 3.63) is 39.7 Å². The van der Waals surface area contributed by atoms with Crippen molar-refractivity contribution >= 4 is 44.2 Å². The van der Waals surface area contributed by atoms with Gasteiger partial charge < -0.3 is 0 Å². The highest BCUT2D eigenvalue weighted by Crippen LogP contribution is 2.37. The van der Waals surface area contributed by atoms with Gasteiger partial charge in [0.15, 0.2) is 10.8 Å². The molecule has 0 saturated carbocycles. The summed E-state index contributed by atoms with van der Waals surface area (Å²) in [7, 11) is 0. The van der Waals surface area contributed by atoms with Crippen LogP contribution in [0.25, 0.3) is 16.7 Å². The molecule has 0 aliphatic heterocycles. The maximum Gasteiger partial charge on any atom is 0.417 e. The van der Waals surface area contributed by atoms with Crippen LogP contribution in [-0.2, 0) is 6.18 Å². The van der Waals surface area contributed by atoms with E-state index in [1.807, 2.05) is 0 Å². The van der Waals surface area contributed by atoms with Crippen LogP contribution in [0, 0.1) is 0 Å². The molecule has 3 rings (SSSR count). The van der Waals surface area contributed by atoms with Gasteiger partial charge in [-0.2, -0.15) is 13.2 Å². The Hall–Kier alpha value is -1.34. The second-order valence-electron chi connectivity index (χ2n) is 3.84. The third kappa shape index (κ3) is 1.97. The second kappa shape index (κ2) is 4.08. The average molecular weight is 351 g/mol. The summed E-state index contributed by atoms with van der Waals surface area (Å²) in [6.07, 6.45) is -1.33. The van der Waals surface area contributed by atoms with Crippen LogP contribution in [0.2, 0.25) is 5.15 Å². The molecule has 0 saturated heterocycles. The molecule has 0 aliphatic carbocycles. The molecule has 3 aromatic rings. The van der Waals surface area contributed by atoms with E-state index in [0.717, 1.165) is 6.07 Å². The molecule has 0 spiro atoms. The predicted molar refractivity (Wildman–Crippen MR) is 68.2 cm³/mol. The Morgan fingerprint density at radius 1 is 1.26 bits per heavy atom. The number of hydrogen-bond donors (Lipinski definition) is 0. The van der Waals surface area contributed by atoms with Gasteiger partial charge >= 0.3 is 6.18 Å². The number of halogens is 5. The maximum absolute atomic E-state index is 12.8. The predicted octanol–water partition coefficient (Wildman–Crippen LogP) is 4.32. The summed E-state index contributed by atoms with van der Waals surface area (Å²) in [6, 6.07) is 2.32. The first-order chi connectivity index (χ1) is 8.88. The van der Waals surface area contributed by atoms with Crippen LogP contribution in [0.3, 0.4) is 0 Å². The molecule has 0 N–H and O–H groups in total. The fourth-order valence-corrected chi connectivity index (χ4v) is 2.64. The lowest BCUT2D eigenvalue weighted by Crippen LogP contribution is -2.07. The van der Waals surface area contributed by atoms with Gasteiger partial charge in [0.2, 0.25) is 0 Å². The Morgan fingerprint density at radius 2 is 2.00 bits per heavy atom. The van der Waals surface area contributed by atoms with Crippen LogP contribution >= 0.6 is 27.5 Å². The van der Waals surface area contributed by atoms with Crippen LogP contribution in [0.1, 0.15) is 5.56 Å². The second-order valence-corrected chi connectivity index (χ2v) is 5.05. The van der Waals surface area contributed by atoms with Gasteiger partial charge in [-0.1, -0.05) is 27.5 Å². The molecule has 1 aromatic carbocycles. The normalized spacial score (nSPS) is 12.5. The van der Waals surface area contributed by atoms with Crippen molar-refractivity contribution in [2.45, 2.75) is 6.18 Å². The third-order valence-corrected chi connectivity index (χ3v) is 3.58. The van der Waals surface area contributed by atoms with E-state index in [4.69, 9.17) is 11.6 Å². The third-order valence-electron chi connectivity index (χ3n) is 2.67. The summed E-state index contributed by atoms with van der Waals surface area (Å²) in [5, 5.41) is 0.0629. The first-order valence-electron chi connectivity index (χ1n) is 5.07. The van der Waals surface area contributed by atoms with Crippen molar-refractivity contribution in [3.8, 4) is 0 Å². The van der Waals surface area contributed by atoms with E-state index in [1.54, 1.807) is 10.6 Å². The summed E-state index contributed by atoms with van der Waals surface area (Å²) in [5.41, 5.74) is 0.270. The van der Waals surface area contributed by atoms with Crippen LogP contribution in [0.15, 0.2) is 29.0 Å². The first kappa shape index (κ1) is 12.7. The van der Waals surface area contributed by atoms with Crippen LogP contribution in [0.5, 0.6) is 0 Å². The molecule has 0 bridgehead atoms. The summed E-state index contributed by atoms with van der Waals surface area (Å²) in [4.78, 5) is 7.95. The molecule has 98 valence electrons. The van der Waals surface area contributed by atoms with Gasteiger partial charge in [0.25, 0.3) is 0 Å². The van der Waals surface area contributed by atoms with Gasteiger partial charge in [0.1, 0.15) is 0 Å². The zero-order valence-electron chi connectivity index (χ0n) is 9.04. The van der Waals surface area contributed by atoms with Crippen molar-refractivity contribution in [2.75, 3.05) is 0 Å². The van der Waals surface area contributed by atoms with E-state index in [-0.39, 0.29) is 15.1 Å². The molecular formula is C11H4BrClF3N3. The molecule has 0 aliphatic rings. The summed E-state index contributed by atoms with van der Waals surface area (Å²) < 4.78 is 40.0. The minimum absolute atomic E-state index is 0.0494. The minimum Gasteiger partial charge on any atom is -0.296 e. The van der Waals surface area contributed by atoms with Crippen molar-refractivity contribution in [1.82, 2.24) is 14.4 Å². The number of imidazole rings is 1. The standard InChI is InChI=1S/C11H4BrClF3N3/c12-6-4-8-7(3-5(6)11(14,15)16)18-9(13)10-17-1-2-19(8)10/h1-4H. The van der Waals surface area contributed by atoms with Crippen molar-refractivity contribution < 1.29 is 13.2 Å². The number of rotatable bonds is 0. The molecule has 2 heterocycles. The molecule has 19 heavy (non-hydrogen) atoms. The topological polar surface area (TPSA) is 30.2 Å². The van der Waals surface area contributed by atoms with Gasteiger partial charge in [-0.3, -0.25) is 4.40 Å². The largest absolute Gasteiger partial charge is 0.417 e. The van der Waals surface area contributed by atoms with E-state index in [1.165, 1.54) is 12.3 Å². The molecule has 8 heteroatoms. The molecule has 2 aromatic heterocycles. The molecule has 0 amide bonds. The van der Waals surface area contributed by atoms with E-state index >= 15 is 0 Å². The Morgan fingerprint density at radius 3 is 2.68 bits per heavy atom. The lowest BCUT2D eigenvalue weighted by atomic mass is 10.2. The highest BCUT2D eigenvalue weighted by molar-refractivity contribution is 9.10. The van der Waals surface area contributed by atoms with Gasteiger partial charge in [0, 0.05) is 16.9 Å². The smallest absolute Gasteiger partial charge is 0.296 e. The fourth-order valence-electron chi connectivity index (χ4n) is 1.86. The summed E-state index contributed by atoms with van der Waals surface area (Å²) in [6.45, 7) is 0. The number of fused-ring (bicyclic) bond motifs is 3. The molecular weight excluding hydrogens is 346 g/mol. The Kier molecular flexibility index (Phi) is 2.72. The molecule has 0 unspecified atom stereocenters. The van der Waals surface area contributed by atoms with E-state index < -0.39 is 11.7 Å². The summed E-state index contributed by atoms with van der Waals surface area (Å²) in [5.74, 6) is 0. The SMILES string of the molecule is FC(F)(F)c1cc2nc(Cl)c3nccn3c2cc1Br. The quantitative estimate of drug-likeness (QED) is 0.604. The van der Waals surface area contributed by atoms with Crippen LogP contribution in [0.4, 0.5) is 13.2 Å². The van der Waals surface area contributed by atoms with Gasteiger partial charge in [0.05, 0.1) is 16.6 Å². The maximum atomic E-state index is 12.8. The van der Waals surface area contributed by atoms with Crippen LogP contribution in [-0.4, -0.2) is 14.4 Å². The number of nitrogens with zero attached hydrogens (tertiary/aromatic N) is 3. The number of benzene rings is 1. The Labute approximate surface area is 118 Å². The average Bonchev–Trinajstić information content (AvgIpc) is 2.78. The molecule has 3 nitrogen and oxygen atoms in total. The zero-order valence-corrected chi connectivity index (χ0v) is 11.4. The molecule has 0 radical (unpaired) electrons. The molecule has 0 fully saturated rings. The Balaban J connectivity index is 2.45. The summed E-state index contributed by atoms with van der Waals surface area (Å²) >= 11 is 8.83. The highest BCUT2D eigenvalue weighted by Gasteiger charge is 2.33. The van der Waals surface area contributed by atoms with Crippen molar-refractivity contribution in [3.63, 3.8) is 0 Å². The van der Waals surface area contributed by atoms with Gasteiger partial charge in [-0.05, 0) is 12.1 Å². The van der Waals surface area contributed by atoms with Gasteiger partial charge in [-0.15, -0.1) is 0 Å². The van der Waals surface area contributed by atoms with Crippen molar-refractivity contribution in [2.24, 2.45) is 0 Å². The number of alkyl halides is 3. The van der Waals surface area contributed by atoms with E-state index in [0.29, 0.717) is 11.2 Å².